The van der Waals surface area contributed by atoms with E-state index in [0.29, 0.717) is 24.1 Å². The summed E-state index contributed by atoms with van der Waals surface area (Å²) in [6.45, 7) is 5.90. The number of nitrogens with zero attached hydrogens (tertiary/aromatic N) is 2. The predicted molar refractivity (Wildman–Crippen MR) is 75.7 cm³/mol. The molecule has 6 nitrogen and oxygen atoms in total. The molecule has 0 saturated carbocycles. The van der Waals surface area contributed by atoms with Crippen molar-refractivity contribution in [1.29, 1.82) is 0 Å². The molecule has 0 aliphatic heterocycles. The molecule has 0 spiro atoms. The van der Waals surface area contributed by atoms with Gasteiger partial charge in [-0.25, -0.2) is 0 Å². The van der Waals surface area contributed by atoms with Crippen LogP contribution in [0.15, 0.2) is 18.2 Å². The summed E-state index contributed by atoms with van der Waals surface area (Å²) in [6.07, 6.45) is 0.484. The molecule has 0 aromatic heterocycles. The summed E-state index contributed by atoms with van der Waals surface area (Å²) in [5, 5.41) is 19.7. The summed E-state index contributed by atoms with van der Waals surface area (Å²) in [4.78, 5) is 24.4. The molecular formula is C14H20N2O4. The third kappa shape index (κ3) is 4.03. The number of nitro benzene ring substituents is 1. The summed E-state index contributed by atoms with van der Waals surface area (Å²) < 4.78 is 0. The van der Waals surface area contributed by atoms with E-state index >= 15 is 0 Å². The van der Waals surface area contributed by atoms with Crippen molar-refractivity contribution >= 4 is 11.6 Å². The topological polar surface area (TPSA) is 83.7 Å². The standard InChI is InChI=1S/C14H20N2O4/c1-10(2)15(5-4-6-17)14(18)12-7-11(3)8-13(9-12)16(19)20/h7-10,17H,4-6H2,1-3H3. The van der Waals surface area contributed by atoms with Gasteiger partial charge in [-0.3, -0.25) is 14.9 Å². The molecule has 0 fully saturated rings. The first kappa shape index (κ1) is 16.1. The number of aliphatic hydroxyl groups is 1. The van der Waals surface area contributed by atoms with Gasteiger partial charge in [0, 0.05) is 36.9 Å². The summed E-state index contributed by atoms with van der Waals surface area (Å²) in [6, 6.07) is 4.34. The first-order valence-electron chi connectivity index (χ1n) is 6.54. The van der Waals surface area contributed by atoms with Gasteiger partial charge in [-0.05, 0) is 38.8 Å². The molecule has 1 aromatic carbocycles. The molecule has 0 aliphatic rings. The Morgan fingerprint density at radius 2 is 2.05 bits per heavy atom. The number of carbonyl (C=O) groups excluding carboxylic acids is 1. The maximum Gasteiger partial charge on any atom is 0.270 e. The molecular weight excluding hydrogens is 260 g/mol. The van der Waals surface area contributed by atoms with Crippen molar-refractivity contribution in [2.75, 3.05) is 13.2 Å². The van der Waals surface area contributed by atoms with Gasteiger partial charge in [0.15, 0.2) is 0 Å². The van der Waals surface area contributed by atoms with Crippen LogP contribution in [0.3, 0.4) is 0 Å². The molecule has 20 heavy (non-hydrogen) atoms. The number of benzene rings is 1. The molecule has 1 amide bonds. The number of hydrogen-bond acceptors (Lipinski definition) is 4. The number of amides is 1. The van der Waals surface area contributed by atoms with Crippen LogP contribution >= 0.6 is 0 Å². The number of aliphatic hydroxyl groups excluding tert-OH is 1. The van der Waals surface area contributed by atoms with Gasteiger partial charge in [-0.2, -0.15) is 0 Å². The Labute approximate surface area is 118 Å². The van der Waals surface area contributed by atoms with Crippen molar-refractivity contribution in [1.82, 2.24) is 4.90 Å². The number of aryl methyl sites for hydroxylation is 1. The fraction of sp³-hybridized carbons (Fsp3) is 0.500. The van der Waals surface area contributed by atoms with Crippen molar-refractivity contribution < 1.29 is 14.8 Å². The first-order valence-corrected chi connectivity index (χ1v) is 6.54. The minimum absolute atomic E-state index is 0.00443. The molecule has 0 bridgehead atoms. The summed E-state index contributed by atoms with van der Waals surface area (Å²) in [5.41, 5.74) is 0.899. The van der Waals surface area contributed by atoms with E-state index in [-0.39, 0.29) is 24.2 Å². The van der Waals surface area contributed by atoms with Crippen molar-refractivity contribution in [3.8, 4) is 0 Å². The molecule has 6 heteroatoms. The van der Waals surface area contributed by atoms with E-state index in [4.69, 9.17) is 5.11 Å². The lowest BCUT2D eigenvalue weighted by Crippen LogP contribution is -2.38. The molecule has 0 saturated heterocycles. The van der Waals surface area contributed by atoms with Gasteiger partial charge >= 0.3 is 0 Å². The lowest BCUT2D eigenvalue weighted by atomic mass is 10.1. The highest BCUT2D eigenvalue weighted by Crippen LogP contribution is 2.19. The molecule has 1 N–H and O–H groups in total. The lowest BCUT2D eigenvalue weighted by Gasteiger charge is -2.26. The highest BCUT2D eigenvalue weighted by atomic mass is 16.6. The maximum atomic E-state index is 12.4. The Balaban J connectivity index is 3.08. The van der Waals surface area contributed by atoms with Gasteiger partial charge in [0.2, 0.25) is 0 Å². The van der Waals surface area contributed by atoms with E-state index in [9.17, 15) is 14.9 Å². The minimum atomic E-state index is -0.503. The van der Waals surface area contributed by atoms with E-state index in [2.05, 4.69) is 0 Å². The molecule has 110 valence electrons. The highest BCUT2D eigenvalue weighted by Gasteiger charge is 2.20. The normalized spacial score (nSPS) is 10.7. The molecule has 0 radical (unpaired) electrons. The zero-order valence-corrected chi connectivity index (χ0v) is 12.0. The van der Waals surface area contributed by atoms with E-state index < -0.39 is 4.92 Å². The van der Waals surface area contributed by atoms with E-state index in [0.717, 1.165) is 0 Å². The summed E-state index contributed by atoms with van der Waals surface area (Å²) in [7, 11) is 0. The summed E-state index contributed by atoms with van der Waals surface area (Å²) in [5.74, 6) is -0.250. The van der Waals surface area contributed by atoms with Gasteiger partial charge in [-0.1, -0.05) is 0 Å². The van der Waals surface area contributed by atoms with Crippen molar-refractivity contribution in [2.24, 2.45) is 0 Å². The number of non-ortho nitro benzene ring substituents is 1. The van der Waals surface area contributed by atoms with Gasteiger partial charge in [0.25, 0.3) is 11.6 Å². The third-order valence-corrected chi connectivity index (χ3v) is 2.96. The van der Waals surface area contributed by atoms with Gasteiger partial charge < -0.3 is 10.0 Å². The van der Waals surface area contributed by atoms with Crippen LogP contribution in [0.25, 0.3) is 0 Å². The second-order valence-corrected chi connectivity index (χ2v) is 4.98. The van der Waals surface area contributed by atoms with Crippen molar-refractivity contribution in [3.63, 3.8) is 0 Å². The molecule has 1 rings (SSSR count). The molecule has 0 atom stereocenters. The zero-order chi connectivity index (χ0) is 15.3. The van der Waals surface area contributed by atoms with Crippen molar-refractivity contribution in [2.45, 2.75) is 33.2 Å². The average molecular weight is 280 g/mol. The van der Waals surface area contributed by atoms with Crippen LogP contribution < -0.4 is 0 Å². The van der Waals surface area contributed by atoms with Crippen LogP contribution in [-0.2, 0) is 0 Å². The van der Waals surface area contributed by atoms with E-state index in [1.54, 1.807) is 17.9 Å². The first-order chi connectivity index (χ1) is 9.36. The van der Waals surface area contributed by atoms with Crippen molar-refractivity contribution in [3.05, 3.63) is 39.4 Å². The fourth-order valence-electron chi connectivity index (χ4n) is 1.99. The maximum absolute atomic E-state index is 12.4. The number of hydrogen-bond donors (Lipinski definition) is 1. The fourth-order valence-corrected chi connectivity index (χ4v) is 1.99. The number of rotatable bonds is 6. The van der Waals surface area contributed by atoms with E-state index in [1.165, 1.54) is 12.1 Å². The Morgan fingerprint density at radius 3 is 2.55 bits per heavy atom. The van der Waals surface area contributed by atoms with E-state index in [1.807, 2.05) is 13.8 Å². The van der Waals surface area contributed by atoms with Crippen LogP contribution in [-0.4, -0.2) is 40.0 Å². The summed E-state index contributed by atoms with van der Waals surface area (Å²) >= 11 is 0. The second-order valence-electron chi connectivity index (χ2n) is 4.98. The SMILES string of the molecule is Cc1cc(C(=O)N(CCCO)C(C)C)cc([N+](=O)[O-])c1. The molecule has 1 aromatic rings. The molecule has 0 unspecified atom stereocenters. The predicted octanol–water partition coefficient (Wildman–Crippen LogP) is 2.14. The quantitative estimate of drug-likeness (QED) is 0.639. The second kappa shape index (κ2) is 7.00. The molecule has 0 heterocycles. The number of nitro groups is 1. The van der Waals surface area contributed by atoms with Gasteiger partial charge in [0.05, 0.1) is 4.92 Å². The third-order valence-electron chi connectivity index (χ3n) is 2.96. The Bertz CT molecular complexity index is 500. The number of carbonyl (C=O) groups is 1. The Kier molecular flexibility index (Phi) is 5.64. The largest absolute Gasteiger partial charge is 0.396 e. The monoisotopic (exact) mass is 280 g/mol. The van der Waals surface area contributed by atoms with Crippen LogP contribution in [0.5, 0.6) is 0 Å². The van der Waals surface area contributed by atoms with Crippen LogP contribution in [0.1, 0.15) is 36.2 Å². The Hall–Kier alpha value is -1.95. The Morgan fingerprint density at radius 1 is 1.40 bits per heavy atom. The zero-order valence-electron chi connectivity index (χ0n) is 12.0. The minimum Gasteiger partial charge on any atom is -0.396 e. The lowest BCUT2D eigenvalue weighted by molar-refractivity contribution is -0.384. The highest BCUT2D eigenvalue weighted by molar-refractivity contribution is 5.95. The van der Waals surface area contributed by atoms with Gasteiger partial charge in [-0.15, -0.1) is 0 Å². The smallest absolute Gasteiger partial charge is 0.270 e. The van der Waals surface area contributed by atoms with Crippen LogP contribution in [0, 0.1) is 17.0 Å². The average Bonchev–Trinajstić information content (AvgIpc) is 2.37. The van der Waals surface area contributed by atoms with Crippen LogP contribution in [0.2, 0.25) is 0 Å². The molecule has 0 aliphatic carbocycles. The van der Waals surface area contributed by atoms with Gasteiger partial charge in [0.1, 0.15) is 0 Å². The van der Waals surface area contributed by atoms with Crippen LogP contribution in [0.4, 0.5) is 5.69 Å².